The normalized spacial score (nSPS) is 16.3. The molecule has 1 aliphatic rings. The van der Waals surface area contributed by atoms with E-state index in [9.17, 15) is 4.79 Å². The first kappa shape index (κ1) is 18.0. The molecule has 5 nitrogen and oxygen atoms in total. The van der Waals surface area contributed by atoms with Crippen LogP contribution in [0, 0.1) is 0 Å². The molecule has 25 heavy (non-hydrogen) atoms. The molecule has 0 unspecified atom stereocenters. The number of nitrogens with zero attached hydrogens (tertiary/aromatic N) is 3. The number of hydrogen-bond donors (Lipinski definition) is 1. The van der Waals surface area contributed by atoms with Gasteiger partial charge in [-0.05, 0) is 44.6 Å². The molecule has 3 rings (SSSR count). The second-order valence-corrected chi connectivity index (χ2v) is 7.45. The Labute approximate surface area is 154 Å². The summed E-state index contributed by atoms with van der Waals surface area (Å²) in [5, 5.41) is 8.19. The van der Waals surface area contributed by atoms with Crippen LogP contribution in [0.5, 0.6) is 0 Å². The minimum atomic E-state index is -0.474. The highest BCUT2D eigenvalue weighted by atomic mass is 35.5. The van der Waals surface area contributed by atoms with Crippen molar-refractivity contribution < 1.29 is 4.79 Å². The molecule has 1 amide bonds. The Morgan fingerprint density at radius 2 is 1.92 bits per heavy atom. The zero-order chi connectivity index (χ0) is 17.9. The highest BCUT2D eigenvalue weighted by Crippen LogP contribution is 2.42. The van der Waals surface area contributed by atoms with Crippen LogP contribution in [0.4, 0.5) is 5.82 Å². The Morgan fingerprint density at radius 3 is 2.56 bits per heavy atom. The molecule has 0 atom stereocenters. The highest BCUT2D eigenvalue weighted by molar-refractivity contribution is 6.30. The van der Waals surface area contributed by atoms with E-state index in [0.717, 1.165) is 44.3 Å². The van der Waals surface area contributed by atoms with Gasteiger partial charge in [0.25, 0.3) is 0 Å². The van der Waals surface area contributed by atoms with Crippen LogP contribution < -0.4 is 5.32 Å². The SMILES string of the molecule is CN(C)CCn1ccc(NC(=O)C2(c3ccc(Cl)cc3)CCCC2)n1. The summed E-state index contributed by atoms with van der Waals surface area (Å²) in [6, 6.07) is 9.53. The van der Waals surface area contributed by atoms with Gasteiger partial charge in [0.05, 0.1) is 12.0 Å². The van der Waals surface area contributed by atoms with Crippen LogP contribution in [0.15, 0.2) is 36.5 Å². The predicted octanol–water partition coefficient (Wildman–Crippen LogP) is 3.55. The van der Waals surface area contributed by atoms with Crippen LogP contribution in [0.3, 0.4) is 0 Å². The number of nitrogens with one attached hydrogen (secondary N) is 1. The molecule has 1 aromatic carbocycles. The van der Waals surface area contributed by atoms with Crippen molar-refractivity contribution >= 4 is 23.3 Å². The van der Waals surface area contributed by atoms with Crippen LogP contribution in [0.25, 0.3) is 0 Å². The summed E-state index contributed by atoms with van der Waals surface area (Å²) in [5.41, 5.74) is 0.566. The number of likely N-dealkylation sites (N-methyl/N-ethyl adjacent to an activating group) is 1. The zero-order valence-corrected chi connectivity index (χ0v) is 15.6. The third-order valence-electron chi connectivity index (χ3n) is 4.95. The standard InChI is InChI=1S/C19H25ClN4O/c1-23(2)13-14-24-12-9-17(22-24)21-18(25)19(10-3-4-11-19)15-5-7-16(20)8-6-15/h5-9,12H,3-4,10-11,13-14H2,1-2H3,(H,21,22,25). The number of anilines is 1. The minimum absolute atomic E-state index is 0.0326. The number of rotatable bonds is 6. The molecule has 1 aromatic heterocycles. The van der Waals surface area contributed by atoms with Gasteiger partial charge in [-0.3, -0.25) is 9.48 Å². The van der Waals surface area contributed by atoms with Crippen molar-refractivity contribution in [1.82, 2.24) is 14.7 Å². The average molecular weight is 361 g/mol. The van der Waals surface area contributed by atoms with Crippen molar-refractivity contribution in [3.8, 4) is 0 Å². The zero-order valence-electron chi connectivity index (χ0n) is 14.8. The molecule has 134 valence electrons. The quantitative estimate of drug-likeness (QED) is 0.857. The molecular weight excluding hydrogens is 336 g/mol. The van der Waals surface area contributed by atoms with E-state index in [-0.39, 0.29) is 5.91 Å². The van der Waals surface area contributed by atoms with Gasteiger partial charge in [-0.2, -0.15) is 5.10 Å². The lowest BCUT2D eigenvalue weighted by atomic mass is 9.78. The van der Waals surface area contributed by atoms with Gasteiger partial charge in [-0.1, -0.05) is 36.6 Å². The van der Waals surface area contributed by atoms with Crippen LogP contribution in [0.1, 0.15) is 31.2 Å². The van der Waals surface area contributed by atoms with Crippen molar-refractivity contribution in [2.75, 3.05) is 26.0 Å². The highest BCUT2D eigenvalue weighted by Gasteiger charge is 2.42. The molecule has 1 heterocycles. The first-order valence-electron chi connectivity index (χ1n) is 8.75. The van der Waals surface area contributed by atoms with Crippen LogP contribution in [-0.4, -0.2) is 41.2 Å². The van der Waals surface area contributed by atoms with Gasteiger partial charge in [0.2, 0.25) is 5.91 Å². The summed E-state index contributed by atoms with van der Waals surface area (Å²) in [4.78, 5) is 15.2. The van der Waals surface area contributed by atoms with E-state index in [1.165, 1.54) is 0 Å². The lowest BCUT2D eigenvalue weighted by Crippen LogP contribution is -2.38. The second-order valence-electron chi connectivity index (χ2n) is 7.02. The summed E-state index contributed by atoms with van der Waals surface area (Å²) in [6.07, 6.45) is 5.76. The monoisotopic (exact) mass is 360 g/mol. The van der Waals surface area contributed by atoms with E-state index in [1.807, 2.05) is 55.3 Å². The maximum absolute atomic E-state index is 13.1. The number of carbonyl (C=O) groups is 1. The second kappa shape index (κ2) is 7.58. The van der Waals surface area contributed by atoms with Gasteiger partial charge in [-0.25, -0.2) is 0 Å². The summed E-state index contributed by atoms with van der Waals surface area (Å²) >= 11 is 6.01. The number of aromatic nitrogens is 2. The van der Waals surface area contributed by atoms with Gasteiger partial charge in [0.1, 0.15) is 0 Å². The lowest BCUT2D eigenvalue weighted by molar-refractivity contribution is -0.121. The fourth-order valence-corrected chi connectivity index (χ4v) is 3.61. The Bertz CT molecular complexity index is 717. The van der Waals surface area contributed by atoms with E-state index in [1.54, 1.807) is 0 Å². The molecule has 0 radical (unpaired) electrons. The van der Waals surface area contributed by atoms with Crippen molar-refractivity contribution in [3.05, 3.63) is 47.1 Å². The number of hydrogen-bond acceptors (Lipinski definition) is 3. The summed E-state index contributed by atoms with van der Waals surface area (Å²) < 4.78 is 1.86. The third-order valence-corrected chi connectivity index (χ3v) is 5.20. The maximum atomic E-state index is 13.1. The van der Waals surface area contributed by atoms with Gasteiger partial charge in [0.15, 0.2) is 5.82 Å². The Hall–Kier alpha value is -1.85. The lowest BCUT2D eigenvalue weighted by Gasteiger charge is -2.28. The van der Waals surface area contributed by atoms with E-state index >= 15 is 0 Å². The van der Waals surface area contributed by atoms with Crippen molar-refractivity contribution in [1.29, 1.82) is 0 Å². The molecule has 1 N–H and O–H groups in total. The van der Waals surface area contributed by atoms with E-state index < -0.39 is 5.41 Å². The molecule has 0 aliphatic heterocycles. The number of carbonyl (C=O) groups excluding carboxylic acids is 1. The molecular formula is C19H25ClN4O. The van der Waals surface area contributed by atoms with E-state index in [0.29, 0.717) is 10.8 Å². The first-order chi connectivity index (χ1) is 12.0. The molecule has 0 saturated heterocycles. The van der Waals surface area contributed by atoms with Gasteiger partial charge < -0.3 is 10.2 Å². The smallest absolute Gasteiger partial charge is 0.236 e. The van der Waals surface area contributed by atoms with Crippen molar-refractivity contribution in [3.63, 3.8) is 0 Å². The molecule has 1 aliphatic carbocycles. The Balaban J connectivity index is 1.75. The predicted molar refractivity (Wildman–Crippen MR) is 101 cm³/mol. The van der Waals surface area contributed by atoms with E-state index in [2.05, 4.69) is 15.3 Å². The minimum Gasteiger partial charge on any atom is -0.308 e. The Kier molecular flexibility index (Phi) is 5.45. The maximum Gasteiger partial charge on any atom is 0.236 e. The number of amides is 1. The molecule has 1 fully saturated rings. The van der Waals surface area contributed by atoms with Crippen molar-refractivity contribution in [2.45, 2.75) is 37.6 Å². The fourth-order valence-electron chi connectivity index (χ4n) is 3.49. The van der Waals surface area contributed by atoms with E-state index in [4.69, 9.17) is 11.6 Å². The summed E-state index contributed by atoms with van der Waals surface area (Å²) in [7, 11) is 4.06. The number of benzene rings is 1. The first-order valence-corrected chi connectivity index (χ1v) is 9.13. The van der Waals surface area contributed by atoms with Crippen LogP contribution in [0.2, 0.25) is 5.02 Å². The van der Waals surface area contributed by atoms with Crippen LogP contribution in [-0.2, 0) is 16.8 Å². The largest absolute Gasteiger partial charge is 0.308 e. The molecule has 6 heteroatoms. The van der Waals surface area contributed by atoms with Gasteiger partial charge in [0, 0.05) is 23.8 Å². The third kappa shape index (κ3) is 4.05. The summed E-state index contributed by atoms with van der Waals surface area (Å²) in [6.45, 7) is 1.70. The fraction of sp³-hybridized carbons (Fsp3) is 0.474. The van der Waals surface area contributed by atoms with Gasteiger partial charge >= 0.3 is 0 Å². The molecule has 0 bridgehead atoms. The van der Waals surface area contributed by atoms with Crippen LogP contribution >= 0.6 is 11.6 Å². The topological polar surface area (TPSA) is 50.2 Å². The number of halogens is 1. The van der Waals surface area contributed by atoms with Crippen molar-refractivity contribution in [2.24, 2.45) is 0 Å². The molecule has 1 saturated carbocycles. The molecule has 2 aromatic rings. The summed E-state index contributed by atoms with van der Waals surface area (Å²) in [5.74, 6) is 0.647. The molecule has 0 spiro atoms. The Morgan fingerprint density at radius 1 is 1.24 bits per heavy atom. The average Bonchev–Trinajstić information content (AvgIpc) is 3.23. The van der Waals surface area contributed by atoms with Gasteiger partial charge in [-0.15, -0.1) is 0 Å².